The predicted octanol–water partition coefficient (Wildman–Crippen LogP) is 2.90. The summed E-state index contributed by atoms with van der Waals surface area (Å²) < 4.78 is 20.7. The Morgan fingerprint density at radius 1 is 0.923 bits per heavy atom. The lowest BCUT2D eigenvalue weighted by atomic mass is 10.2. The number of hydrogen-bond acceptors (Lipinski definition) is 6. The van der Waals surface area contributed by atoms with Crippen molar-refractivity contribution in [3.63, 3.8) is 0 Å². The van der Waals surface area contributed by atoms with Crippen LogP contribution in [0.2, 0.25) is 0 Å². The topological polar surface area (TPSA) is 83.1 Å². The first-order valence-corrected chi connectivity index (χ1v) is 7.98. The first-order valence-electron chi connectivity index (χ1n) is 7.98. The SMILES string of the molecule is CCOC(=O)c1ccc(NC(=O)COc2cc(OC)cc(OC)c2)cc1. The Morgan fingerprint density at radius 3 is 2.04 bits per heavy atom. The molecule has 26 heavy (non-hydrogen) atoms. The van der Waals surface area contributed by atoms with Crippen molar-refractivity contribution in [3.8, 4) is 17.2 Å². The van der Waals surface area contributed by atoms with Crippen molar-refractivity contribution in [3.05, 3.63) is 48.0 Å². The van der Waals surface area contributed by atoms with Gasteiger partial charge in [0.25, 0.3) is 5.91 Å². The first-order chi connectivity index (χ1) is 12.5. The standard InChI is InChI=1S/C19H21NO6/c1-4-25-19(22)13-5-7-14(8-6-13)20-18(21)12-26-17-10-15(23-2)9-16(11-17)24-3/h5-11H,4,12H2,1-3H3,(H,20,21). The number of esters is 1. The Morgan fingerprint density at radius 2 is 1.50 bits per heavy atom. The minimum Gasteiger partial charge on any atom is -0.496 e. The second-order valence-corrected chi connectivity index (χ2v) is 5.18. The van der Waals surface area contributed by atoms with E-state index in [1.165, 1.54) is 14.2 Å². The van der Waals surface area contributed by atoms with Crippen LogP contribution in [-0.4, -0.2) is 39.3 Å². The van der Waals surface area contributed by atoms with Crippen LogP contribution < -0.4 is 19.5 Å². The number of anilines is 1. The van der Waals surface area contributed by atoms with E-state index in [1.54, 1.807) is 49.4 Å². The summed E-state index contributed by atoms with van der Waals surface area (Å²) in [6.45, 7) is 1.87. The van der Waals surface area contributed by atoms with Crippen LogP contribution in [0.5, 0.6) is 17.2 Å². The Balaban J connectivity index is 1.92. The van der Waals surface area contributed by atoms with Crippen LogP contribution >= 0.6 is 0 Å². The van der Waals surface area contributed by atoms with Crippen LogP contribution in [0, 0.1) is 0 Å². The molecule has 0 unspecified atom stereocenters. The quantitative estimate of drug-likeness (QED) is 0.730. The molecule has 0 atom stereocenters. The summed E-state index contributed by atoms with van der Waals surface area (Å²) in [6.07, 6.45) is 0. The third-order valence-electron chi connectivity index (χ3n) is 3.37. The van der Waals surface area contributed by atoms with Crippen LogP contribution in [-0.2, 0) is 9.53 Å². The molecule has 1 N–H and O–H groups in total. The van der Waals surface area contributed by atoms with E-state index in [0.717, 1.165) is 0 Å². The van der Waals surface area contributed by atoms with Crippen molar-refractivity contribution in [2.75, 3.05) is 32.8 Å². The Labute approximate surface area is 151 Å². The molecule has 1 amide bonds. The number of amides is 1. The molecule has 0 aromatic heterocycles. The molecule has 0 saturated carbocycles. The summed E-state index contributed by atoms with van der Waals surface area (Å²) in [6, 6.07) is 11.4. The van der Waals surface area contributed by atoms with Gasteiger partial charge >= 0.3 is 5.97 Å². The fourth-order valence-corrected chi connectivity index (χ4v) is 2.11. The maximum atomic E-state index is 12.0. The minimum atomic E-state index is -0.402. The minimum absolute atomic E-state index is 0.185. The van der Waals surface area contributed by atoms with Gasteiger partial charge in [-0.05, 0) is 31.2 Å². The molecule has 0 radical (unpaired) electrons. The first kappa shape index (κ1) is 19.1. The van der Waals surface area contributed by atoms with Gasteiger partial charge in [0.05, 0.1) is 26.4 Å². The Bertz CT molecular complexity index is 735. The average Bonchev–Trinajstić information content (AvgIpc) is 2.66. The number of nitrogens with one attached hydrogen (secondary N) is 1. The van der Waals surface area contributed by atoms with E-state index < -0.39 is 5.97 Å². The molecular weight excluding hydrogens is 338 g/mol. The second kappa shape index (κ2) is 9.31. The number of benzene rings is 2. The highest BCUT2D eigenvalue weighted by Gasteiger charge is 2.09. The number of rotatable bonds is 8. The van der Waals surface area contributed by atoms with Crippen molar-refractivity contribution >= 4 is 17.6 Å². The van der Waals surface area contributed by atoms with Gasteiger partial charge in [0.1, 0.15) is 17.2 Å². The molecule has 2 aromatic carbocycles. The molecule has 0 aliphatic carbocycles. The van der Waals surface area contributed by atoms with Gasteiger partial charge in [-0.2, -0.15) is 0 Å². The van der Waals surface area contributed by atoms with Crippen molar-refractivity contribution in [1.29, 1.82) is 0 Å². The summed E-state index contributed by atoms with van der Waals surface area (Å²) in [5.74, 6) is 0.842. The lowest BCUT2D eigenvalue weighted by Crippen LogP contribution is -2.20. The van der Waals surface area contributed by atoms with Crippen LogP contribution in [0.25, 0.3) is 0 Å². The van der Waals surface area contributed by atoms with Crippen LogP contribution in [0.1, 0.15) is 17.3 Å². The van der Waals surface area contributed by atoms with Gasteiger partial charge in [-0.3, -0.25) is 4.79 Å². The van der Waals surface area contributed by atoms with E-state index >= 15 is 0 Å². The number of carbonyl (C=O) groups is 2. The van der Waals surface area contributed by atoms with Crippen LogP contribution in [0.15, 0.2) is 42.5 Å². The smallest absolute Gasteiger partial charge is 0.338 e. The molecule has 0 aliphatic heterocycles. The summed E-state index contributed by atoms with van der Waals surface area (Å²) in [7, 11) is 3.07. The third kappa shape index (κ3) is 5.41. The molecule has 0 bridgehead atoms. The highest BCUT2D eigenvalue weighted by molar-refractivity contribution is 5.93. The lowest BCUT2D eigenvalue weighted by Gasteiger charge is -2.11. The summed E-state index contributed by atoms with van der Waals surface area (Å²) in [5.41, 5.74) is 0.972. The van der Waals surface area contributed by atoms with Gasteiger partial charge in [-0.1, -0.05) is 0 Å². The Hall–Kier alpha value is -3.22. The van der Waals surface area contributed by atoms with Gasteiger partial charge in [0.2, 0.25) is 0 Å². The number of methoxy groups -OCH3 is 2. The van der Waals surface area contributed by atoms with E-state index in [2.05, 4.69) is 5.32 Å². The van der Waals surface area contributed by atoms with E-state index in [4.69, 9.17) is 18.9 Å². The van der Waals surface area contributed by atoms with Gasteiger partial charge in [0.15, 0.2) is 6.61 Å². The molecule has 2 rings (SSSR count). The number of carbonyl (C=O) groups excluding carboxylic acids is 2. The van der Waals surface area contributed by atoms with Gasteiger partial charge in [-0.15, -0.1) is 0 Å². The van der Waals surface area contributed by atoms with Crippen molar-refractivity contribution in [1.82, 2.24) is 0 Å². The molecular formula is C19H21NO6. The maximum Gasteiger partial charge on any atom is 0.338 e. The maximum absolute atomic E-state index is 12.0. The highest BCUT2D eigenvalue weighted by Crippen LogP contribution is 2.27. The van der Waals surface area contributed by atoms with E-state index in [9.17, 15) is 9.59 Å². The van der Waals surface area contributed by atoms with E-state index in [0.29, 0.717) is 35.1 Å². The van der Waals surface area contributed by atoms with Gasteiger partial charge < -0.3 is 24.3 Å². The number of hydrogen-bond donors (Lipinski definition) is 1. The fraction of sp³-hybridized carbons (Fsp3) is 0.263. The predicted molar refractivity (Wildman–Crippen MR) is 96.1 cm³/mol. The summed E-state index contributed by atoms with van der Waals surface area (Å²) >= 11 is 0. The van der Waals surface area contributed by atoms with E-state index in [-0.39, 0.29) is 12.5 Å². The molecule has 7 nitrogen and oxygen atoms in total. The average molecular weight is 359 g/mol. The summed E-state index contributed by atoms with van der Waals surface area (Å²) in [5, 5.41) is 2.69. The van der Waals surface area contributed by atoms with E-state index in [1.807, 2.05) is 0 Å². The zero-order valence-electron chi connectivity index (χ0n) is 14.9. The molecule has 0 aliphatic rings. The molecule has 7 heteroatoms. The zero-order valence-corrected chi connectivity index (χ0v) is 14.9. The lowest BCUT2D eigenvalue weighted by molar-refractivity contribution is -0.118. The largest absolute Gasteiger partial charge is 0.496 e. The normalized spacial score (nSPS) is 9.96. The third-order valence-corrected chi connectivity index (χ3v) is 3.37. The zero-order chi connectivity index (χ0) is 18.9. The molecule has 2 aromatic rings. The number of ether oxygens (including phenoxy) is 4. The van der Waals surface area contributed by atoms with Crippen molar-refractivity contribution < 1.29 is 28.5 Å². The fourth-order valence-electron chi connectivity index (χ4n) is 2.11. The summed E-state index contributed by atoms with van der Waals surface area (Å²) in [4.78, 5) is 23.6. The molecule has 0 fully saturated rings. The molecule has 0 saturated heterocycles. The molecule has 0 spiro atoms. The monoisotopic (exact) mass is 359 g/mol. The Kier molecular flexibility index (Phi) is 6.84. The highest BCUT2D eigenvalue weighted by atomic mass is 16.5. The van der Waals surface area contributed by atoms with Crippen molar-refractivity contribution in [2.24, 2.45) is 0 Å². The van der Waals surface area contributed by atoms with Crippen LogP contribution in [0.3, 0.4) is 0 Å². The van der Waals surface area contributed by atoms with Crippen molar-refractivity contribution in [2.45, 2.75) is 6.92 Å². The second-order valence-electron chi connectivity index (χ2n) is 5.18. The van der Waals surface area contributed by atoms with Crippen LogP contribution in [0.4, 0.5) is 5.69 Å². The van der Waals surface area contributed by atoms with Gasteiger partial charge in [-0.25, -0.2) is 4.79 Å². The van der Waals surface area contributed by atoms with Gasteiger partial charge in [0, 0.05) is 23.9 Å². The molecule has 0 heterocycles. The molecule has 138 valence electrons.